The highest BCUT2D eigenvalue weighted by atomic mass is 16.5. The van der Waals surface area contributed by atoms with Crippen molar-refractivity contribution in [1.29, 1.82) is 0 Å². The fourth-order valence-corrected chi connectivity index (χ4v) is 2.10. The number of carbonyl (C=O) groups is 2. The topological polar surface area (TPSA) is 80.3 Å². The van der Waals surface area contributed by atoms with Gasteiger partial charge >= 0.3 is 5.97 Å². The monoisotopic (exact) mass is 327 g/mol. The van der Waals surface area contributed by atoms with Crippen molar-refractivity contribution in [2.45, 2.75) is 26.8 Å². The summed E-state index contributed by atoms with van der Waals surface area (Å²) < 4.78 is 5.06. The molecule has 1 heterocycles. The van der Waals surface area contributed by atoms with Crippen LogP contribution in [0.4, 0.5) is 11.4 Å². The van der Waals surface area contributed by atoms with Crippen molar-refractivity contribution >= 4 is 23.3 Å². The molecule has 0 saturated carbocycles. The van der Waals surface area contributed by atoms with Gasteiger partial charge in [0.25, 0.3) is 5.91 Å². The highest BCUT2D eigenvalue weighted by Gasteiger charge is 2.13. The molecule has 0 aliphatic heterocycles. The number of ether oxygens (including phenoxy) is 1. The van der Waals surface area contributed by atoms with E-state index in [1.165, 1.54) is 0 Å². The second-order valence-corrected chi connectivity index (χ2v) is 5.45. The summed E-state index contributed by atoms with van der Waals surface area (Å²) in [7, 11) is 0. The minimum Gasteiger partial charge on any atom is -0.462 e. The van der Waals surface area contributed by atoms with Gasteiger partial charge in [-0.25, -0.2) is 4.79 Å². The summed E-state index contributed by atoms with van der Waals surface area (Å²) >= 11 is 0. The predicted molar refractivity (Wildman–Crippen MR) is 92.5 cm³/mol. The van der Waals surface area contributed by atoms with Gasteiger partial charge in [-0.2, -0.15) is 0 Å². The van der Waals surface area contributed by atoms with Crippen LogP contribution in [0.1, 0.15) is 41.6 Å². The van der Waals surface area contributed by atoms with Gasteiger partial charge in [0.1, 0.15) is 5.69 Å². The number of para-hydroxylation sites is 1. The Bertz CT molecular complexity index is 729. The van der Waals surface area contributed by atoms with Crippen molar-refractivity contribution in [2.75, 3.05) is 11.9 Å². The Morgan fingerprint density at radius 3 is 2.67 bits per heavy atom. The van der Waals surface area contributed by atoms with E-state index in [9.17, 15) is 9.59 Å². The minimum atomic E-state index is -0.396. The Balaban J connectivity index is 2.23. The Labute approximate surface area is 141 Å². The molecule has 2 rings (SSSR count). The van der Waals surface area contributed by atoms with Gasteiger partial charge in [-0.3, -0.25) is 9.78 Å². The van der Waals surface area contributed by atoms with Crippen molar-refractivity contribution in [2.24, 2.45) is 0 Å². The molecule has 2 aromatic rings. The van der Waals surface area contributed by atoms with E-state index in [4.69, 9.17) is 4.74 Å². The largest absolute Gasteiger partial charge is 0.462 e. The average Bonchev–Trinajstić information content (AvgIpc) is 2.55. The van der Waals surface area contributed by atoms with E-state index in [1.807, 2.05) is 19.9 Å². The zero-order chi connectivity index (χ0) is 17.5. The quantitative estimate of drug-likeness (QED) is 0.797. The summed E-state index contributed by atoms with van der Waals surface area (Å²) in [5, 5.41) is 5.93. The van der Waals surface area contributed by atoms with Gasteiger partial charge in [-0.05, 0) is 45.0 Å². The maximum absolute atomic E-state index is 12.0. The van der Waals surface area contributed by atoms with Gasteiger partial charge in [-0.1, -0.05) is 12.1 Å². The molecule has 6 nitrogen and oxygen atoms in total. The summed E-state index contributed by atoms with van der Waals surface area (Å²) in [5.74, 6) is -0.639. The first-order valence-electron chi connectivity index (χ1n) is 7.81. The molecular formula is C18H21N3O3. The van der Waals surface area contributed by atoms with Gasteiger partial charge in [-0.15, -0.1) is 0 Å². The fraction of sp³-hybridized carbons (Fsp3) is 0.278. The molecular weight excluding hydrogens is 306 g/mol. The number of esters is 1. The maximum atomic E-state index is 12.0. The summed E-state index contributed by atoms with van der Waals surface area (Å²) in [6.45, 7) is 5.84. The summed E-state index contributed by atoms with van der Waals surface area (Å²) in [4.78, 5) is 28.1. The lowest BCUT2D eigenvalue weighted by molar-refractivity contribution is 0.0527. The number of nitrogens with zero attached hydrogens (tertiary/aromatic N) is 1. The molecule has 0 bridgehead atoms. The van der Waals surface area contributed by atoms with E-state index in [0.717, 1.165) is 0 Å². The van der Waals surface area contributed by atoms with Gasteiger partial charge in [0.15, 0.2) is 0 Å². The van der Waals surface area contributed by atoms with Crippen LogP contribution in [0.15, 0.2) is 42.6 Å². The van der Waals surface area contributed by atoms with Gasteiger partial charge in [0, 0.05) is 17.9 Å². The van der Waals surface area contributed by atoms with Crippen LogP contribution < -0.4 is 10.6 Å². The second-order valence-electron chi connectivity index (χ2n) is 5.45. The minimum absolute atomic E-state index is 0.0282. The molecule has 1 aromatic heterocycles. The molecule has 0 saturated heterocycles. The van der Waals surface area contributed by atoms with Crippen molar-refractivity contribution < 1.29 is 14.3 Å². The van der Waals surface area contributed by atoms with Crippen molar-refractivity contribution in [3.8, 4) is 0 Å². The van der Waals surface area contributed by atoms with E-state index in [2.05, 4.69) is 15.6 Å². The SMILES string of the molecule is CCOC(=O)c1ccccc1Nc1ccnc(C(=O)NC(C)C)c1. The maximum Gasteiger partial charge on any atom is 0.340 e. The molecule has 126 valence electrons. The number of pyridine rings is 1. The molecule has 2 N–H and O–H groups in total. The number of benzene rings is 1. The van der Waals surface area contributed by atoms with Gasteiger partial charge in [0.2, 0.25) is 0 Å². The van der Waals surface area contributed by atoms with Crippen molar-refractivity contribution in [1.82, 2.24) is 10.3 Å². The van der Waals surface area contributed by atoms with Crippen molar-refractivity contribution in [3.05, 3.63) is 53.9 Å². The number of rotatable bonds is 6. The number of amides is 1. The molecule has 0 unspecified atom stereocenters. The summed E-state index contributed by atoms with van der Waals surface area (Å²) in [6.07, 6.45) is 1.55. The third-order valence-electron chi connectivity index (χ3n) is 3.11. The third kappa shape index (κ3) is 4.55. The third-order valence-corrected chi connectivity index (χ3v) is 3.11. The number of carbonyl (C=O) groups excluding carboxylic acids is 2. The number of hydrogen-bond donors (Lipinski definition) is 2. The van der Waals surface area contributed by atoms with E-state index < -0.39 is 5.97 Å². The lowest BCUT2D eigenvalue weighted by Crippen LogP contribution is -2.30. The molecule has 6 heteroatoms. The summed E-state index contributed by atoms with van der Waals surface area (Å²) in [6, 6.07) is 10.5. The molecule has 0 spiro atoms. The first-order chi connectivity index (χ1) is 11.5. The van der Waals surface area contributed by atoms with Crippen LogP contribution in [-0.4, -0.2) is 29.5 Å². The number of nitrogens with one attached hydrogen (secondary N) is 2. The van der Waals surface area contributed by atoms with Gasteiger partial charge in [0.05, 0.1) is 17.9 Å². The smallest absolute Gasteiger partial charge is 0.340 e. The standard InChI is InChI=1S/C18H21N3O3/c1-4-24-18(23)14-7-5-6-8-15(14)21-13-9-10-19-16(11-13)17(22)20-12(2)3/h5-12H,4H2,1-3H3,(H,19,21)(H,20,22). The molecule has 1 amide bonds. The number of aromatic nitrogens is 1. The number of hydrogen-bond acceptors (Lipinski definition) is 5. The van der Waals surface area contributed by atoms with E-state index in [1.54, 1.807) is 43.5 Å². The lowest BCUT2D eigenvalue weighted by Gasteiger charge is -2.12. The normalized spacial score (nSPS) is 10.3. The Morgan fingerprint density at radius 2 is 1.96 bits per heavy atom. The van der Waals surface area contributed by atoms with Gasteiger partial charge < -0.3 is 15.4 Å². The Hall–Kier alpha value is -2.89. The molecule has 0 fully saturated rings. The van der Waals surface area contributed by atoms with Crippen LogP contribution in [0.3, 0.4) is 0 Å². The first-order valence-corrected chi connectivity index (χ1v) is 7.81. The van der Waals surface area contributed by atoms with Crippen LogP contribution in [0, 0.1) is 0 Å². The zero-order valence-electron chi connectivity index (χ0n) is 14.0. The average molecular weight is 327 g/mol. The second kappa shape index (κ2) is 8.10. The molecule has 0 radical (unpaired) electrons. The Kier molecular flexibility index (Phi) is 5.89. The predicted octanol–water partition coefficient (Wildman–Crippen LogP) is 3.14. The van der Waals surface area contributed by atoms with Crippen LogP contribution >= 0.6 is 0 Å². The Morgan fingerprint density at radius 1 is 1.21 bits per heavy atom. The lowest BCUT2D eigenvalue weighted by atomic mass is 10.1. The molecule has 0 aliphatic carbocycles. The highest BCUT2D eigenvalue weighted by Crippen LogP contribution is 2.22. The van der Waals surface area contributed by atoms with E-state index >= 15 is 0 Å². The van der Waals surface area contributed by atoms with E-state index in [-0.39, 0.29) is 11.9 Å². The molecule has 1 aromatic carbocycles. The highest BCUT2D eigenvalue weighted by molar-refractivity contribution is 5.97. The first kappa shape index (κ1) is 17.5. The molecule has 0 aliphatic rings. The zero-order valence-corrected chi connectivity index (χ0v) is 14.0. The molecule has 0 atom stereocenters. The van der Waals surface area contributed by atoms with Crippen LogP contribution in [0.2, 0.25) is 0 Å². The van der Waals surface area contributed by atoms with E-state index in [0.29, 0.717) is 29.2 Å². The number of anilines is 2. The van der Waals surface area contributed by atoms with Crippen LogP contribution in [0.5, 0.6) is 0 Å². The summed E-state index contributed by atoms with van der Waals surface area (Å²) in [5.41, 5.74) is 2.01. The van der Waals surface area contributed by atoms with Crippen LogP contribution in [-0.2, 0) is 4.74 Å². The fourth-order valence-electron chi connectivity index (χ4n) is 2.10. The molecule has 24 heavy (non-hydrogen) atoms. The van der Waals surface area contributed by atoms with Crippen LogP contribution in [0.25, 0.3) is 0 Å². The van der Waals surface area contributed by atoms with Crippen molar-refractivity contribution in [3.63, 3.8) is 0 Å².